The number of fused-ring (bicyclic) bond motifs is 3. The zero-order chi connectivity index (χ0) is 12.5. The summed E-state index contributed by atoms with van der Waals surface area (Å²) in [7, 11) is 0. The van der Waals surface area contributed by atoms with Crippen molar-refractivity contribution in [3.05, 3.63) is 36.3 Å². The number of aromatic nitrogens is 3. The highest BCUT2D eigenvalue weighted by Crippen LogP contribution is 2.29. The third kappa shape index (κ3) is 1.49. The van der Waals surface area contributed by atoms with Crippen LogP contribution >= 0.6 is 0 Å². The summed E-state index contributed by atoms with van der Waals surface area (Å²) >= 11 is 0. The van der Waals surface area contributed by atoms with Gasteiger partial charge in [-0.2, -0.15) is 5.10 Å². The van der Waals surface area contributed by atoms with Crippen molar-refractivity contribution in [2.45, 2.75) is 0 Å². The van der Waals surface area contributed by atoms with Gasteiger partial charge in [0.2, 0.25) is 0 Å². The molecule has 0 amide bonds. The van der Waals surface area contributed by atoms with E-state index in [2.05, 4.69) is 20.6 Å². The Morgan fingerprint density at radius 2 is 2.33 bits per heavy atom. The highest BCUT2D eigenvalue weighted by atomic mass is 16.4. The van der Waals surface area contributed by atoms with Gasteiger partial charge in [-0.05, 0) is 18.2 Å². The molecule has 0 atom stereocenters. The van der Waals surface area contributed by atoms with Crippen molar-refractivity contribution in [2.24, 2.45) is 10.9 Å². The Kier molecular flexibility index (Phi) is 2.23. The molecule has 1 aromatic carbocycles. The number of hydrogen-bond donors (Lipinski definition) is 3. The van der Waals surface area contributed by atoms with Crippen LogP contribution in [-0.4, -0.2) is 25.8 Å². The standard InChI is InChI=1S/C11H10N6O/c12-10(16-18)7-1-2-9-8(5-7)11-14-6-15-17(11)4-3-13-9/h1-6,13,18H,(H2,12,16). The molecule has 0 radical (unpaired) electrons. The maximum atomic E-state index is 8.70. The van der Waals surface area contributed by atoms with E-state index in [1.165, 1.54) is 6.33 Å². The van der Waals surface area contributed by atoms with Crippen molar-refractivity contribution in [3.63, 3.8) is 0 Å². The summed E-state index contributed by atoms with van der Waals surface area (Å²) in [5.74, 6) is 0.750. The number of nitrogens with zero attached hydrogens (tertiary/aromatic N) is 4. The normalized spacial score (nSPS) is 13.4. The first-order chi connectivity index (χ1) is 8.79. The number of hydrogen-bond acceptors (Lipinski definition) is 5. The summed E-state index contributed by atoms with van der Waals surface area (Å²) in [6, 6.07) is 5.41. The van der Waals surface area contributed by atoms with Crippen LogP contribution in [0.25, 0.3) is 17.6 Å². The Morgan fingerprint density at radius 3 is 3.17 bits per heavy atom. The Bertz CT molecular complexity index is 657. The highest BCUT2D eigenvalue weighted by Gasteiger charge is 2.14. The van der Waals surface area contributed by atoms with Crippen molar-refractivity contribution in [1.82, 2.24) is 14.8 Å². The number of nitrogens with two attached hydrogens (primary N) is 1. The van der Waals surface area contributed by atoms with Crippen molar-refractivity contribution in [3.8, 4) is 11.4 Å². The predicted octanol–water partition coefficient (Wildman–Crippen LogP) is 0.893. The molecule has 1 aliphatic heterocycles. The SMILES string of the molecule is NC(=NO)c1ccc2c(c1)-c1ncnn1C=CN2. The van der Waals surface area contributed by atoms with E-state index in [1.807, 2.05) is 6.07 Å². The van der Waals surface area contributed by atoms with Gasteiger partial charge < -0.3 is 16.3 Å². The van der Waals surface area contributed by atoms with Crippen molar-refractivity contribution >= 4 is 17.7 Å². The number of benzene rings is 1. The Labute approximate surface area is 102 Å². The van der Waals surface area contributed by atoms with E-state index in [0.29, 0.717) is 11.4 Å². The van der Waals surface area contributed by atoms with Gasteiger partial charge in [-0.1, -0.05) is 5.16 Å². The maximum absolute atomic E-state index is 8.70. The molecule has 0 saturated carbocycles. The smallest absolute Gasteiger partial charge is 0.170 e. The Balaban J connectivity index is 2.22. The molecule has 0 saturated heterocycles. The van der Waals surface area contributed by atoms with Gasteiger partial charge in [0.05, 0.1) is 0 Å². The number of oxime groups is 1. The van der Waals surface area contributed by atoms with Crippen LogP contribution in [0.15, 0.2) is 35.9 Å². The van der Waals surface area contributed by atoms with Crippen molar-refractivity contribution in [1.29, 1.82) is 0 Å². The molecular weight excluding hydrogens is 232 g/mol. The fourth-order valence-electron chi connectivity index (χ4n) is 1.82. The molecule has 0 unspecified atom stereocenters. The van der Waals surface area contributed by atoms with Gasteiger partial charge in [-0.15, -0.1) is 0 Å². The molecular formula is C11H10N6O. The Hall–Kier alpha value is -2.83. The summed E-state index contributed by atoms with van der Waals surface area (Å²) in [5, 5.41) is 18.9. The average Bonchev–Trinajstić information content (AvgIpc) is 2.80. The molecule has 2 aromatic rings. The van der Waals surface area contributed by atoms with Gasteiger partial charge in [0.15, 0.2) is 11.7 Å². The molecule has 18 heavy (non-hydrogen) atoms. The lowest BCUT2D eigenvalue weighted by molar-refractivity contribution is 0.318. The second-order valence-electron chi connectivity index (χ2n) is 3.73. The minimum atomic E-state index is 0.0565. The minimum absolute atomic E-state index is 0.0565. The quantitative estimate of drug-likeness (QED) is 0.298. The molecule has 1 aliphatic rings. The van der Waals surface area contributed by atoms with Gasteiger partial charge in [-0.3, -0.25) is 0 Å². The fourth-order valence-corrected chi connectivity index (χ4v) is 1.82. The van der Waals surface area contributed by atoms with Crippen LogP contribution in [0.2, 0.25) is 0 Å². The molecule has 0 spiro atoms. The van der Waals surface area contributed by atoms with Crippen LogP contribution < -0.4 is 11.1 Å². The molecule has 2 heterocycles. The van der Waals surface area contributed by atoms with E-state index in [1.54, 1.807) is 29.2 Å². The van der Waals surface area contributed by atoms with Crippen LogP contribution in [0.1, 0.15) is 5.56 Å². The fraction of sp³-hybridized carbons (Fsp3) is 0. The first-order valence-corrected chi connectivity index (χ1v) is 5.24. The molecule has 3 rings (SSSR count). The summed E-state index contributed by atoms with van der Waals surface area (Å²) in [5.41, 5.74) is 7.92. The third-order valence-electron chi connectivity index (χ3n) is 2.69. The lowest BCUT2D eigenvalue weighted by atomic mass is 10.1. The lowest BCUT2D eigenvalue weighted by Crippen LogP contribution is -2.13. The van der Waals surface area contributed by atoms with E-state index in [0.717, 1.165) is 11.3 Å². The van der Waals surface area contributed by atoms with Crippen LogP contribution in [0.4, 0.5) is 5.69 Å². The second kappa shape index (κ2) is 3.88. The molecule has 7 heteroatoms. The first-order valence-electron chi connectivity index (χ1n) is 5.24. The van der Waals surface area contributed by atoms with Gasteiger partial charge in [-0.25, -0.2) is 9.67 Å². The molecule has 0 fully saturated rings. The average molecular weight is 242 g/mol. The van der Waals surface area contributed by atoms with E-state index in [9.17, 15) is 0 Å². The van der Waals surface area contributed by atoms with Gasteiger partial charge in [0.1, 0.15) is 6.33 Å². The second-order valence-corrected chi connectivity index (χ2v) is 3.73. The predicted molar refractivity (Wildman–Crippen MR) is 66.9 cm³/mol. The van der Waals surface area contributed by atoms with Gasteiger partial charge in [0, 0.05) is 29.2 Å². The number of nitrogens with one attached hydrogen (secondary N) is 1. The van der Waals surface area contributed by atoms with E-state index < -0.39 is 0 Å². The molecule has 1 aromatic heterocycles. The molecule has 0 bridgehead atoms. The summed E-state index contributed by atoms with van der Waals surface area (Å²) in [6.07, 6.45) is 5.02. The van der Waals surface area contributed by atoms with Gasteiger partial charge >= 0.3 is 0 Å². The maximum Gasteiger partial charge on any atom is 0.170 e. The van der Waals surface area contributed by atoms with Crippen molar-refractivity contribution < 1.29 is 5.21 Å². The number of rotatable bonds is 1. The minimum Gasteiger partial charge on any atom is -0.409 e. The zero-order valence-electron chi connectivity index (χ0n) is 9.28. The van der Waals surface area contributed by atoms with E-state index in [4.69, 9.17) is 10.9 Å². The van der Waals surface area contributed by atoms with Crippen molar-refractivity contribution in [2.75, 3.05) is 5.32 Å². The summed E-state index contributed by atoms with van der Waals surface area (Å²) in [6.45, 7) is 0. The van der Waals surface area contributed by atoms with E-state index >= 15 is 0 Å². The van der Waals surface area contributed by atoms with E-state index in [-0.39, 0.29) is 5.84 Å². The highest BCUT2D eigenvalue weighted by molar-refractivity contribution is 5.99. The lowest BCUT2D eigenvalue weighted by Gasteiger charge is -2.08. The summed E-state index contributed by atoms with van der Waals surface area (Å²) in [4.78, 5) is 4.20. The third-order valence-corrected chi connectivity index (χ3v) is 2.69. The molecule has 90 valence electrons. The van der Waals surface area contributed by atoms with Crippen LogP contribution in [0, 0.1) is 0 Å². The summed E-state index contributed by atoms with van der Waals surface area (Å²) < 4.78 is 1.65. The topological polar surface area (TPSA) is 101 Å². The molecule has 7 nitrogen and oxygen atoms in total. The monoisotopic (exact) mass is 242 g/mol. The zero-order valence-corrected chi connectivity index (χ0v) is 9.28. The molecule has 0 aliphatic carbocycles. The Morgan fingerprint density at radius 1 is 1.44 bits per heavy atom. The number of anilines is 1. The van der Waals surface area contributed by atoms with Crippen LogP contribution in [0.5, 0.6) is 0 Å². The molecule has 4 N–H and O–H groups in total. The number of amidine groups is 1. The first kappa shape index (κ1) is 10.3. The largest absolute Gasteiger partial charge is 0.409 e. The van der Waals surface area contributed by atoms with Crippen LogP contribution in [-0.2, 0) is 0 Å². The van der Waals surface area contributed by atoms with Gasteiger partial charge in [0.25, 0.3) is 0 Å². The van der Waals surface area contributed by atoms with Crippen LogP contribution in [0.3, 0.4) is 0 Å².